The van der Waals surface area contributed by atoms with E-state index >= 15 is 0 Å². The van der Waals surface area contributed by atoms with Gasteiger partial charge in [0.2, 0.25) is 0 Å². The fraction of sp³-hybridized carbons (Fsp3) is 1.00. The second-order valence-electron chi connectivity index (χ2n) is 4.49. The van der Waals surface area contributed by atoms with E-state index in [4.69, 9.17) is 8.85 Å². The third-order valence-electron chi connectivity index (χ3n) is 2.82. The average molecular weight is 372 g/mol. The number of halogens is 1. The zero-order chi connectivity index (χ0) is 13.1. The van der Waals surface area contributed by atoms with Crippen molar-refractivity contribution in [1.82, 2.24) is 0 Å². The highest BCUT2D eigenvalue weighted by atomic mass is 127. The van der Waals surface area contributed by atoms with Gasteiger partial charge in [-0.1, -0.05) is 63.1 Å². The molecule has 0 aromatic rings. The van der Waals surface area contributed by atoms with Crippen molar-refractivity contribution in [2.24, 2.45) is 0 Å². The van der Waals surface area contributed by atoms with Crippen LogP contribution in [0.25, 0.3) is 0 Å². The van der Waals surface area contributed by atoms with E-state index in [9.17, 15) is 0 Å². The van der Waals surface area contributed by atoms with Crippen LogP contribution >= 0.6 is 22.6 Å². The van der Waals surface area contributed by atoms with Crippen LogP contribution in [0.4, 0.5) is 0 Å². The van der Waals surface area contributed by atoms with E-state index in [0.717, 1.165) is 38.5 Å². The highest BCUT2D eigenvalue weighted by molar-refractivity contribution is 14.1. The molecule has 0 aliphatic carbocycles. The van der Waals surface area contributed by atoms with Gasteiger partial charge in [-0.25, -0.2) is 0 Å². The Morgan fingerprint density at radius 2 is 1.47 bits per heavy atom. The lowest BCUT2D eigenvalue weighted by Gasteiger charge is -2.34. The van der Waals surface area contributed by atoms with Crippen molar-refractivity contribution in [3.63, 3.8) is 0 Å². The summed E-state index contributed by atoms with van der Waals surface area (Å²) in [6.45, 7) is 10.6. The van der Waals surface area contributed by atoms with Gasteiger partial charge in [0.1, 0.15) is 0 Å². The van der Waals surface area contributed by atoms with Crippen LogP contribution in [0.3, 0.4) is 0 Å². The molecule has 104 valence electrons. The number of unbranched alkanes of at least 4 members (excludes halogenated alkanes) is 1. The molecule has 0 saturated heterocycles. The third-order valence-corrected chi connectivity index (χ3v) is 10.3. The molecule has 0 radical (unpaired) electrons. The molecular formula is C13H29IO2Si. The molecule has 2 nitrogen and oxygen atoms in total. The van der Waals surface area contributed by atoms with Crippen LogP contribution in [-0.2, 0) is 8.85 Å². The molecule has 0 bridgehead atoms. The van der Waals surface area contributed by atoms with Crippen LogP contribution in [-0.4, -0.2) is 25.3 Å². The Morgan fingerprint density at radius 1 is 0.941 bits per heavy atom. The largest absolute Gasteiger partial charge is 0.394 e. The van der Waals surface area contributed by atoms with E-state index in [-0.39, 0.29) is 0 Å². The predicted molar refractivity (Wildman–Crippen MR) is 86.1 cm³/mol. The maximum absolute atomic E-state index is 6.24. The van der Waals surface area contributed by atoms with Crippen molar-refractivity contribution < 1.29 is 8.85 Å². The van der Waals surface area contributed by atoms with Gasteiger partial charge in [0.15, 0.2) is 0 Å². The Labute approximate surface area is 122 Å². The summed E-state index contributed by atoms with van der Waals surface area (Å²) in [7, 11) is -1.98. The molecular weight excluding hydrogens is 343 g/mol. The van der Waals surface area contributed by atoms with Crippen LogP contribution in [0.5, 0.6) is 0 Å². The first kappa shape index (κ1) is 17.9. The van der Waals surface area contributed by atoms with Gasteiger partial charge >= 0.3 is 8.56 Å². The summed E-state index contributed by atoms with van der Waals surface area (Å²) in [5.74, 6) is 0. The fourth-order valence-corrected chi connectivity index (χ4v) is 7.43. The monoisotopic (exact) mass is 372 g/mol. The van der Waals surface area contributed by atoms with Gasteiger partial charge in [0.05, 0.1) is 3.55 Å². The second kappa shape index (κ2) is 10.8. The highest BCUT2D eigenvalue weighted by Gasteiger charge is 2.43. The van der Waals surface area contributed by atoms with Gasteiger partial charge in [-0.05, 0) is 25.3 Å². The maximum atomic E-state index is 6.24. The average Bonchev–Trinajstić information content (AvgIpc) is 2.37. The zero-order valence-electron chi connectivity index (χ0n) is 11.9. The third kappa shape index (κ3) is 6.54. The number of alkyl halides is 1. The van der Waals surface area contributed by atoms with Gasteiger partial charge < -0.3 is 8.85 Å². The fourth-order valence-electron chi connectivity index (χ4n) is 1.81. The van der Waals surface area contributed by atoms with Crippen molar-refractivity contribution in [1.29, 1.82) is 0 Å². The Morgan fingerprint density at radius 3 is 1.82 bits per heavy atom. The summed E-state index contributed by atoms with van der Waals surface area (Å²) >= 11 is 2.55. The first-order valence-electron chi connectivity index (χ1n) is 7.08. The first-order valence-corrected chi connectivity index (χ1v) is 10.4. The Bertz CT molecular complexity index is 157. The lowest BCUT2D eigenvalue weighted by atomic mass is 10.4. The molecule has 0 rings (SSSR count). The molecule has 0 aromatic heterocycles. The zero-order valence-corrected chi connectivity index (χ0v) is 15.1. The molecule has 4 heteroatoms. The van der Waals surface area contributed by atoms with Crippen LogP contribution in [0.1, 0.15) is 59.8 Å². The SMILES string of the molecule is CCCC[Si](OCCC)(OCCC)C(I)CC. The molecule has 0 fully saturated rings. The molecule has 0 saturated carbocycles. The molecule has 0 aliphatic heterocycles. The minimum atomic E-state index is -1.98. The molecule has 1 unspecified atom stereocenters. The lowest BCUT2D eigenvalue weighted by molar-refractivity contribution is 0.165. The Hall–Kier alpha value is 0.867. The summed E-state index contributed by atoms with van der Waals surface area (Å²) < 4.78 is 13.1. The van der Waals surface area contributed by atoms with Gasteiger partial charge in [0, 0.05) is 13.2 Å². The first-order chi connectivity index (χ1) is 8.16. The summed E-state index contributed by atoms with van der Waals surface area (Å²) in [6, 6.07) is 1.16. The Kier molecular flexibility index (Phi) is 11.3. The number of rotatable bonds is 11. The molecule has 0 heterocycles. The smallest absolute Gasteiger partial charge is 0.351 e. The summed E-state index contributed by atoms with van der Waals surface area (Å²) in [4.78, 5) is 0. The molecule has 0 N–H and O–H groups in total. The Balaban J connectivity index is 4.63. The normalized spacial score (nSPS) is 13.9. The van der Waals surface area contributed by atoms with E-state index in [1.807, 2.05) is 0 Å². The molecule has 17 heavy (non-hydrogen) atoms. The molecule has 0 aliphatic rings. The van der Waals surface area contributed by atoms with Crippen molar-refractivity contribution in [3.05, 3.63) is 0 Å². The van der Waals surface area contributed by atoms with Crippen molar-refractivity contribution >= 4 is 31.2 Å². The van der Waals surface area contributed by atoms with Crippen molar-refractivity contribution in [3.8, 4) is 0 Å². The van der Waals surface area contributed by atoms with E-state index < -0.39 is 8.56 Å². The van der Waals surface area contributed by atoms with E-state index in [1.54, 1.807) is 0 Å². The number of hydrogen-bond acceptors (Lipinski definition) is 2. The van der Waals surface area contributed by atoms with Crippen LogP contribution in [0.15, 0.2) is 0 Å². The highest BCUT2D eigenvalue weighted by Crippen LogP contribution is 2.29. The minimum Gasteiger partial charge on any atom is -0.394 e. The molecule has 0 aromatic carbocycles. The topological polar surface area (TPSA) is 18.5 Å². The summed E-state index contributed by atoms with van der Waals surface area (Å²) in [6.07, 6.45) is 5.79. The molecule has 0 amide bonds. The van der Waals surface area contributed by atoms with Gasteiger partial charge in [-0.15, -0.1) is 0 Å². The van der Waals surface area contributed by atoms with Crippen LogP contribution < -0.4 is 0 Å². The van der Waals surface area contributed by atoms with Gasteiger partial charge in [0.25, 0.3) is 0 Å². The summed E-state index contributed by atoms with van der Waals surface area (Å²) in [5.41, 5.74) is 0. The van der Waals surface area contributed by atoms with Crippen LogP contribution in [0, 0.1) is 0 Å². The molecule has 1 atom stereocenters. The van der Waals surface area contributed by atoms with Crippen molar-refractivity contribution in [2.75, 3.05) is 13.2 Å². The van der Waals surface area contributed by atoms with Crippen LogP contribution in [0.2, 0.25) is 6.04 Å². The minimum absolute atomic E-state index is 0.574. The van der Waals surface area contributed by atoms with Gasteiger partial charge in [-0.2, -0.15) is 0 Å². The number of hydrogen-bond donors (Lipinski definition) is 0. The van der Waals surface area contributed by atoms with E-state index in [1.165, 1.54) is 12.8 Å². The quantitative estimate of drug-likeness (QED) is 0.294. The maximum Gasteiger partial charge on any atom is 0.351 e. The standard InChI is InChI=1S/C13H29IO2Si/c1-5-9-12-17(13(14)8-4,15-10-6-2)16-11-7-3/h13H,5-12H2,1-4H3. The van der Waals surface area contributed by atoms with Crippen molar-refractivity contribution in [2.45, 2.75) is 69.4 Å². The lowest BCUT2D eigenvalue weighted by Crippen LogP contribution is -2.51. The van der Waals surface area contributed by atoms with E-state index in [2.05, 4.69) is 50.3 Å². The molecule has 0 spiro atoms. The van der Waals surface area contributed by atoms with Gasteiger partial charge in [-0.3, -0.25) is 0 Å². The summed E-state index contributed by atoms with van der Waals surface area (Å²) in [5, 5.41) is 0. The predicted octanol–water partition coefficient (Wildman–Crippen LogP) is 4.83. The van der Waals surface area contributed by atoms with E-state index in [0.29, 0.717) is 3.55 Å². The second-order valence-corrected chi connectivity index (χ2v) is 10.6.